The van der Waals surface area contributed by atoms with E-state index in [4.69, 9.17) is 23.2 Å². The standard InChI is InChI=1S/C14H10Br2Cl2/c15-13-5-3-11(17)7-9(13)1-2-10-8-12(18)4-6-14(10)16/h3-8H,1-2H2. The van der Waals surface area contributed by atoms with E-state index in [1.54, 1.807) is 0 Å². The third kappa shape index (κ3) is 3.74. The van der Waals surface area contributed by atoms with Gasteiger partial charge in [-0.2, -0.15) is 0 Å². The fourth-order valence-corrected chi connectivity index (χ4v) is 3.02. The average Bonchev–Trinajstić information content (AvgIpc) is 2.34. The highest BCUT2D eigenvalue weighted by molar-refractivity contribution is 9.10. The molecule has 4 heteroatoms. The van der Waals surface area contributed by atoms with Crippen LogP contribution in [0, 0.1) is 0 Å². The number of rotatable bonds is 3. The highest BCUT2D eigenvalue weighted by Crippen LogP contribution is 2.26. The first kappa shape index (κ1) is 14.4. The lowest BCUT2D eigenvalue weighted by molar-refractivity contribution is 0.949. The van der Waals surface area contributed by atoms with Gasteiger partial charge in [0.25, 0.3) is 0 Å². The van der Waals surface area contributed by atoms with Gasteiger partial charge in [-0.1, -0.05) is 55.1 Å². The van der Waals surface area contributed by atoms with Gasteiger partial charge >= 0.3 is 0 Å². The van der Waals surface area contributed by atoms with Crippen molar-refractivity contribution in [1.29, 1.82) is 0 Å². The summed E-state index contributed by atoms with van der Waals surface area (Å²) in [6, 6.07) is 11.7. The first-order valence-corrected chi connectivity index (χ1v) is 7.78. The zero-order valence-electron chi connectivity index (χ0n) is 9.39. The third-order valence-electron chi connectivity index (χ3n) is 2.68. The summed E-state index contributed by atoms with van der Waals surface area (Å²) in [5.74, 6) is 0. The Bertz CT molecular complexity index is 516. The minimum Gasteiger partial charge on any atom is -0.0843 e. The SMILES string of the molecule is Clc1ccc(Br)c(CCc2cc(Cl)ccc2Br)c1. The largest absolute Gasteiger partial charge is 0.0843 e. The molecule has 0 heterocycles. The molecule has 2 aromatic rings. The lowest BCUT2D eigenvalue weighted by Gasteiger charge is -2.07. The van der Waals surface area contributed by atoms with Gasteiger partial charge in [-0.05, 0) is 60.4 Å². The van der Waals surface area contributed by atoms with E-state index in [0.29, 0.717) is 0 Å². The Labute approximate surface area is 134 Å². The van der Waals surface area contributed by atoms with Gasteiger partial charge in [0.1, 0.15) is 0 Å². The topological polar surface area (TPSA) is 0 Å². The molecule has 0 saturated carbocycles. The average molecular weight is 409 g/mol. The van der Waals surface area contributed by atoms with E-state index < -0.39 is 0 Å². The predicted octanol–water partition coefficient (Wildman–Crippen LogP) is 6.30. The van der Waals surface area contributed by atoms with E-state index in [9.17, 15) is 0 Å². The molecule has 0 fully saturated rings. The first-order chi connectivity index (χ1) is 8.56. The quantitative estimate of drug-likeness (QED) is 0.558. The van der Waals surface area contributed by atoms with Crippen molar-refractivity contribution in [3.8, 4) is 0 Å². The molecule has 0 nitrogen and oxygen atoms in total. The number of hydrogen-bond acceptors (Lipinski definition) is 0. The van der Waals surface area contributed by atoms with Crippen LogP contribution in [0.4, 0.5) is 0 Å². The van der Waals surface area contributed by atoms with Crippen LogP contribution in [-0.4, -0.2) is 0 Å². The molecule has 0 unspecified atom stereocenters. The number of aryl methyl sites for hydroxylation is 2. The number of halogens is 4. The molecule has 2 rings (SSSR count). The molecule has 94 valence electrons. The first-order valence-electron chi connectivity index (χ1n) is 5.44. The summed E-state index contributed by atoms with van der Waals surface area (Å²) in [5, 5.41) is 1.52. The lowest BCUT2D eigenvalue weighted by Crippen LogP contribution is -1.94. The summed E-state index contributed by atoms with van der Waals surface area (Å²) >= 11 is 19.1. The summed E-state index contributed by atoms with van der Waals surface area (Å²) < 4.78 is 2.18. The number of benzene rings is 2. The van der Waals surface area contributed by atoms with Crippen LogP contribution in [0.5, 0.6) is 0 Å². The molecule has 0 amide bonds. The summed E-state index contributed by atoms with van der Waals surface area (Å²) in [6.45, 7) is 0. The van der Waals surface area contributed by atoms with E-state index in [2.05, 4.69) is 31.9 Å². The van der Waals surface area contributed by atoms with Crippen LogP contribution in [0.25, 0.3) is 0 Å². The Morgan fingerprint density at radius 1 is 0.722 bits per heavy atom. The molecule has 0 aliphatic rings. The highest BCUT2D eigenvalue weighted by Gasteiger charge is 2.05. The van der Waals surface area contributed by atoms with E-state index in [-0.39, 0.29) is 0 Å². The minimum atomic E-state index is 0.762. The molecule has 0 aromatic heterocycles. The molecule has 0 N–H and O–H groups in total. The monoisotopic (exact) mass is 406 g/mol. The van der Waals surface area contributed by atoms with Gasteiger partial charge in [-0.15, -0.1) is 0 Å². The lowest BCUT2D eigenvalue weighted by atomic mass is 10.0. The van der Waals surface area contributed by atoms with Gasteiger partial charge in [0.2, 0.25) is 0 Å². The van der Waals surface area contributed by atoms with Crippen molar-refractivity contribution in [2.75, 3.05) is 0 Å². The van der Waals surface area contributed by atoms with E-state index >= 15 is 0 Å². The van der Waals surface area contributed by atoms with E-state index in [1.165, 1.54) is 11.1 Å². The maximum Gasteiger partial charge on any atom is 0.0409 e. The Balaban J connectivity index is 2.16. The summed E-state index contributed by atoms with van der Waals surface area (Å²) in [7, 11) is 0. The molecular weight excluding hydrogens is 399 g/mol. The molecule has 0 bridgehead atoms. The van der Waals surface area contributed by atoms with Crippen molar-refractivity contribution >= 4 is 55.1 Å². The molecular formula is C14H10Br2Cl2. The number of hydrogen-bond donors (Lipinski definition) is 0. The van der Waals surface area contributed by atoms with Crippen molar-refractivity contribution in [1.82, 2.24) is 0 Å². The van der Waals surface area contributed by atoms with Gasteiger partial charge in [0, 0.05) is 19.0 Å². The van der Waals surface area contributed by atoms with Crippen molar-refractivity contribution in [3.05, 3.63) is 66.5 Å². The zero-order chi connectivity index (χ0) is 13.1. The molecule has 0 atom stereocenters. The molecule has 18 heavy (non-hydrogen) atoms. The normalized spacial score (nSPS) is 10.7. The fourth-order valence-electron chi connectivity index (χ4n) is 1.74. The Morgan fingerprint density at radius 3 is 1.50 bits per heavy atom. The Kier molecular flexibility index (Phi) is 5.14. The van der Waals surface area contributed by atoms with Crippen molar-refractivity contribution in [2.45, 2.75) is 12.8 Å². The second-order valence-electron chi connectivity index (χ2n) is 3.97. The summed E-state index contributed by atoms with van der Waals surface area (Å²) in [6.07, 6.45) is 1.83. The van der Waals surface area contributed by atoms with Crippen LogP contribution < -0.4 is 0 Å². The molecule has 0 aliphatic carbocycles. The van der Waals surface area contributed by atoms with Crippen LogP contribution in [0.3, 0.4) is 0 Å². The molecule has 0 spiro atoms. The molecule has 0 radical (unpaired) electrons. The third-order valence-corrected chi connectivity index (χ3v) is 4.70. The van der Waals surface area contributed by atoms with Gasteiger partial charge in [-0.3, -0.25) is 0 Å². The summed E-state index contributed by atoms with van der Waals surface area (Å²) in [4.78, 5) is 0. The van der Waals surface area contributed by atoms with E-state index in [0.717, 1.165) is 31.8 Å². The fraction of sp³-hybridized carbons (Fsp3) is 0.143. The second-order valence-corrected chi connectivity index (χ2v) is 6.55. The highest BCUT2D eigenvalue weighted by atomic mass is 79.9. The maximum atomic E-state index is 6.00. The van der Waals surface area contributed by atoms with Crippen molar-refractivity contribution in [3.63, 3.8) is 0 Å². The molecule has 0 saturated heterocycles. The van der Waals surface area contributed by atoms with Gasteiger partial charge in [0.05, 0.1) is 0 Å². The van der Waals surface area contributed by atoms with Crippen LogP contribution in [-0.2, 0) is 12.8 Å². The van der Waals surface area contributed by atoms with Crippen LogP contribution in [0.1, 0.15) is 11.1 Å². The molecule has 2 aromatic carbocycles. The van der Waals surface area contributed by atoms with Crippen molar-refractivity contribution < 1.29 is 0 Å². The predicted molar refractivity (Wildman–Crippen MR) is 85.7 cm³/mol. The maximum absolute atomic E-state index is 6.00. The smallest absolute Gasteiger partial charge is 0.0409 e. The molecule has 0 aliphatic heterocycles. The van der Waals surface area contributed by atoms with Crippen molar-refractivity contribution in [2.24, 2.45) is 0 Å². The van der Waals surface area contributed by atoms with Crippen LogP contribution in [0.15, 0.2) is 45.3 Å². The van der Waals surface area contributed by atoms with E-state index in [1.807, 2.05) is 36.4 Å². The second kappa shape index (κ2) is 6.42. The Morgan fingerprint density at radius 2 is 1.11 bits per heavy atom. The van der Waals surface area contributed by atoms with Gasteiger partial charge in [-0.25, -0.2) is 0 Å². The minimum absolute atomic E-state index is 0.762. The summed E-state index contributed by atoms with van der Waals surface area (Å²) in [5.41, 5.74) is 2.41. The van der Waals surface area contributed by atoms with Gasteiger partial charge in [0.15, 0.2) is 0 Å². The zero-order valence-corrected chi connectivity index (χ0v) is 14.1. The van der Waals surface area contributed by atoms with Crippen LogP contribution >= 0.6 is 55.1 Å². The van der Waals surface area contributed by atoms with Gasteiger partial charge < -0.3 is 0 Å². The Hall–Kier alpha value is -0.0200. The van der Waals surface area contributed by atoms with Crippen LogP contribution in [0.2, 0.25) is 10.0 Å².